The fourth-order valence-corrected chi connectivity index (χ4v) is 1.47. The van der Waals surface area contributed by atoms with Crippen LogP contribution in [0.5, 0.6) is 0 Å². The second-order valence-electron chi connectivity index (χ2n) is 2.77. The Morgan fingerprint density at radius 1 is 1.73 bits per heavy atom. The molecule has 0 aromatic rings. The number of likely N-dealkylation sites (tertiary alicyclic amines) is 1. The van der Waals surface area contributed by atoms with Crippen molar-refractivity contribution in [2.24, 2.45) is 5.73 Å². The topological polar surface area (TPSA) is 66.6 Å². The Kier molecular flexibility index (Phi) is 2.84. The molecule has 11 heavy (non-hydrogen) atoms. The summed E-state index contributed by atoms with van der Waals surface area (Å²) in [6.07, 6.45) is 1.89. The smallest absolute Gasteiger partial charge is 0.236 e. The number of hydrogen-bond donors (Lipinski definition) is 2. The molecule has 1 rings (SSSR count). The van der Waals surface area contributed by atoms with Crippen molar-refractivity contribution in [1.82, 2.24) is 4.90 Å². The predicted octanol–water partition coefficient (Wildman–Crippen LogP) is -1.07. The minimum atomic E-state index is -0.0541. The van der Waals surface area contributed by atoms with Gasteiger partial charge in [0, 0.05) is 6.54 Å². The molecule has 0 radical (unpaired) electrons. The van der Waals surface area contributed by atoms with E-state index in [4.69, 9.17) is 10.8 Å². The number of rotatable bonds is 2. The number of carbonyl (C=O) groups excluding carboxylic acids is 1. The van der Waals surface area contributed by atoms with E-state index in [1.165, 1.54) is 0 Å². The van der Waals surface area contributed by atoms with Gasteiger partial charge in [-0.1, -0.05) is 0 Å². The molecule has 1 unspecified atom stereocenters. The first kappa shape index (κ1) is 8.49. The summed E-state index contributed by atoms with van der Waals surface area (Å²) in [6.45, 7) is 0.865. The van der Waals surface area contributed by atoms with Crippen LogP contribution in [0.25, 0.3) is 0 Å². The summed E-state index contributed by atoms with van der Waals surface area (Å²) in [7, 11) is 0. The van der Waals surface area contributed by atoms with Gasteiger partial charge in [0.25, 0.3) is 0 Å². The summed E-state index contributed by atoms with van der Waals surface area (Å²) in [5, 5.41) is 8.85. The van der Waals surface area contributed by atoms with E-state index >= 15 is 0 Å². The lowest BCUT2D eigenvalue weighted by molar-refractivity contribution is -0.131. The van der Waals surface area contributed by atoms with Crippen LogP contribution >= 0.6 is 0 Å². The van der Waals surface area contributed by atoms with Crippen LogP contribution in [0.4, 0.5) is 0 Å². The zero-order chi connectivity index (χ0) is 8.27. The molecule has 1 atom stereocenters. The van der Waals surface area contributed by atoms with E-state index in [0.717, 1.165) is 19.4 Å². The average molecular weight is 158 g/mol. The van der Waals surface area contributed by atoms with E-state index in [1.54, 1.807) is 4.90 Å². The minimum absolute atomic E-state index is 0.0195. The van der Waals surface area contributed by atoms with Gasteiger partial charge in [-0.3, -0.25) is 4.79 Å². The fraction of sp³-hybridized carbons (Fsp3) is 0.857. The maximum absolute atomic E-state index is 11.1. The molecular formula is C7H14N2O2. The van der Waals surface area contributed by atoms with Gasteiger partial charge in [0.1, 0.15) is 0 Å². The first-order valence-electron chi connectivity index (χ1n) is 3.90. The summed E-state index contributed by atoms with van der Waals surface area (Å²) >= 11 is 0. The van der Waals surface area contributed by atoms with Gasteiger partial charge in [0.15, 0.2) is 0 Å². The molecule has 4 nitrogen and oxygen atoms in total. The van der Waals surface area contributed by atoms with Crippen LogP contribution in [0.1, 0.15) is 12.8 Å². The van der Waals surface area contributed by atoms with E-state index in [1.807, 2.05) is 0 Å². The maximum atomic E-state index is 11.1. The molecule has 1 saturated heterocycles. The number of aliphatic hydroxyl groups is 1. The SMILES string of the molecule is NCC(=O)N1CCCC1CO. The van der Waals surface area contributed by atoms with Crippen LogP contribution in [0.2, 0.25) is 0 Å². The third-order valence-corrected chi connectivity index (χ3v) is 2.08. The Hall–Kier alpha value is -0.610. The standard InChI is InChI=1S/C7H14N2O2/c8-4-7(11)9-3-1-2-6(9)5-10/h6,10H,1-5,8H2. The lowest BCUT2D eigenvalue weighted by Gasteiger charge is -2.21. The van der Waals surface area contributed by atoms with Gasteiger partial charge in [0.05, 0.1) is 19.2 Å². The van der Waals surface area contributed by atoms with Crippen molar-refractivity contribution in [3.63, 3.8) is 0 Å². The minimum Gasteiger partial charge on any atom is -0.394 e. The Bertz CT molecular complexity index is 149. The molecule has 0 aromatic heterocycles. The Balaban J connectivity index is 2.49. The van der Waals surface area contributed by atoms with Gasteiger partial charge in [-0.2, -0.15) is 0 Å². The number of nitrogens with two attached hydrogens (primary N) is 1. The number of hydrogen-bond acceptors (Lipinski definition) is 3. The van der Waals surface area contributed by atoms with Gasteiger partial charge in [-0.25, -0.2) is 0 Å². The normalized spacial score (nSPS) is 24.2. The van der Waals surface area contributed by atoms with Gasteiger partial charge >= 0.3 is 0 Å². The van der Waals surface area contributed by atoms with Crippen LogP contribution < -0.4 is 5.73 Å². The summed E-state index contributed by atoms with van der Waals surface area (Å²) in [5.74, 6) is -0.0541. The molecular weight excluding hydrogens is 144 g/mol. The van der Waals surface area contributed by atoms with Crippen LogP contribution in [-0.4, -0.2) is 41.7 Å². The molecule has 0 aromatic carbocycles. The lowest BCUT2D eigenvalue weighted by atomic mass is 10.2. The van der Waals surface area contributed by atoms with Crippen LogP contribution in [0.3, 0.4) is 0 Å². The first-order valence-corrected chi connectivity index (χ1v) is 3.90. The van der Waals surface area contributed by atoms with Crippen LogP contribution in [0.15, 0.2) is 0 Å². The van der Waals surface area contributed by atoms with Crippen molar-refractivity contribution in [2.45, 2.75) is 18.9 Å². The molecule has 4 heteroatoms. The molecule has 1 heterocycles. The molecule has 3 N–H and O–H groups in total. The van der Waals surface area contributed by atoms with Gasteiger partial charge in [0.2, 0.25) is 5.91 Å². The van der Waals surface area contributed by atoms with Crippen LogP contribution in [0, 0.1) is 0 Å². The van der Waals surface area contributed by atoms with Crippen molar-refractivity contribution in [3.8, 4) is 0 Å². The number of aliphatic hydroxyl groups excluding tert-OH is 1. The van der Waals surface area contributed by atoms with E-state index < -0.39 is 0 Å². The van der Waals surface area contributed by atoms with Crippen molar-refractivity contribution >= 4 is 5.91 Å². The highest BCUT2D eigenvalue weighted by molar-refractivity contribution is 5.78. The second-order valence-corrected chi connectivity index (χ2v) is 2.77. The Morgan fingerprint density at radius 3 is 3.00 bits per heavy atom. The van der Waals surface area contributed by atoms with Crippen LogP contribution in [-0.2, 0) is 4.79 Å². The molecule has 1 aliphatic heterocycles. The predicted molar refractivity (Wildman–Crippen MR) is 40.9 cm³/mol. The summed E-state index contributed by atoms with van der Waals surface area (Å²) in [6, 6.07) is 0.0195. The van der Waals surface area contributed by atoms with Crippen molar-refractivity contribution in [2.75, 3.05) is 19.7 Å². The number of carbonyl (C=O) groups is 1. The summed E-state index contributed by atoms with van der Waals surface area (Å²) < 4.78 is 0. The van der Waals surface area contributed by atoms with Crippen molar-refractivity contribution in [3.05, 3.63) is 0 Å². The van der Waals surface area contributed by atoms with E-state index in [2.05, 4.69) is 0 Å². The monoisotopic (exact) mass is 158 g/mol. The fourth-order valence-electron chi connectivity index (χ4n) is 1.47. The average Bonchev–Trinajstić information content (AvgIpc) is 2.50. The van der Waals surface area contributed by atoms with Gasteiger partial charge in [-0.15, -0.1) is 0 Å². The highest BCUT2D eigenvalue weighted by atomic mass is 16.3. The summed E-state index contributed by atoms with van der Waals surface area (Å²) in [5.41, 5.74) is 5.20. The largest absolute Gasteiger partial charge is 0.394 e. The molecule has 0 aliphatic carbocycles. The Morgan fingerprint density at radius 2 is 2.45 bits per heavy atom. The van der Waals surface area contributed by atoms with Crippen molar-refractivity contribution in [1.29, 1.82) is 0 Å². The van der Waals surface area contributed by atoms with E-state index in [0.29, 0.717) is 0 Å². The van der Waals surface area contributed by atoms with Gasteiger partial charge in [-0.05, 0) is 12.8 Å². The lowest BCUT2D eigenvalue weighted by Crippen LogP contribution is -2.41. The molecule has 1 aliphatic rings. The quantitative estimate of drug-likeness (QED) is 0.537. The maximum Gasteiger partial charge on any atom is 0.236 e. The molecule has 0 saturated carbocycles. The second kappa shape index (κ2) is 3.69. The molecule has 64 valence electrons. The molecule has 0 spiro atoms. The first-order chi connectivity index (χ1) is 5.29. The molecule has 1 amide bonds. The van der Waals surface area contributed by atoms with E-state index in [-0.39, 0.29) is 25.1 Å². The van der Waals surface area contributed by atoms with Gasteiger partial charge < -0.3 is 15.7 Å². The molecule has 1 fully saturated rings. The highest BCUT2D eigenvalue weighted by Gasteiger charge is 2.26. The zero-order valence-electron chi connectivity index (χ0n) is 6.49. The highest BCUT2D eigenvalue weighted by Crippen LogP contribution is 2.15. The third kappa shape index (κ3) is 1.70. The number of nitrogens with zero attached hydrogens (tertiary/aromatic N) is 1. The summed E-state index contributed by atoms with van der Waals surface area (Å²) in [4.78, 5) is 12.7. The van der Waals surface area contributed by atoms with Crippen molar-refractivity contribution < 1.29 is 9.90 Å². The number of amides is 1. The Labute approximate surface area is 66.0 Å². The molecule has 0 bridgehead atoms. The van der Waals surface area contributed by atoms with E-state index in [9.17, 15) is 4.79 Å². The zero-order valence-corrected chi connectivity index (χ0v) is 6.49. The third-order valence-electron chi connectivity index (χ3n) is 2.08.